The number of aryl methyl sites for hydroxylation is 1. The summed E-state index contributed by atoms with van der Waals surface area (Å²) in [5.74, 6) is 0.0533. The first-order valence-corrected chi connectivity index (χ1v) is 13.5. The number of hydrogen-bond acceptors (Lipinski definition) is 5. The van der Waals surface area contributed by atoms with E-state index in [1.807, 2.05) is 85.8 Å². The highest BCUT2D eigenvalue weighted by Crippen LogP contribution is 2.19. The molecule has 0 heterocycles. The van der Waals surface area contributed by atoms with Crippen molar-refractivity contribution >= 4 is 22.1 Å². The zero-order valence-electron chi connectivity index (χ0n) is 21.0. The molecule has 1 N–H and O–H groups in total. The van der Waals surface area contributed by atoms with Crippen LogP contribution >= 0.6 is 0 Å². The zero-order valence-corrected chi connectivity index (χ0v) is 21.8. The third kappa shape index (κ3) is 7.38. The Hall–Kier alpha value is -4.27. The first kappa shape index (κ1) is 26.8. The molecule has 1 amide bonds. The molecule has 7 nitrogen and oxygen atoms in total. The van der Waals surface area contributed by atoms with Crippen molar-refractivity contribution in [1.29, 1.82) is 0 Å². The summed E-state index contributed by atoms with van der Waals surface area (Å²) in [7, 11) is -3.92. The highest BCUT2D eigenvalue weighted by Gasteiger charge is 2.26. The number of nitrogens with one attached hydrogen (secondary N) is 1. The Morgan fingerprint density at radius 2 is 1.47 bits per heavy atom. The van der Waals surface area contributed by atoms with Crippen LogP contribution < -0.4 is 10.2 Å². The van der Waals surface area contributed by atoms with Gasteiger partial charge in [0.05, 0.1) is 17.7 Å². The average Bonchev–Trinajstić information content (AvgIpc) is 2.94. The average molecular weight is 528 g/mol. The molecule has 4 rings (SSSR count). The highest BCUT2D eigenvalue weighted by atomic mass is 32.2. The number of hydrazone groups is 1. The van der Waals surface area contributed by atoms with Crippen molar-refractivity contribution in [2.45, 2.75) is 25.0 Å². The number of rotatable bonds is 11. The van der Waals surface area contributed by atoms with Gasteiger partial charge in [-0.3, -0.25) is 4.79 Å². The summed E-state index contributed by atoms with van der Waals surface area (Å²) >= 11 is 0. The van der Waals surface area contributed by atoms with E-state index in [9.17, 15) is 13.2 Å². The van der Waals surface area contributed by atoms with Crippen molar-refractivity contribution in [2.75, 3.05) is 6.54 Å². The van der Waals surface area contributed by atoms with Gasteiger partial charge in [0.25, 0.3) is 5.91 Å². The predicted molar refractivity (Wildman–Crippen MR) is 148 cm³/mol. The van der Waals surface area contributed by atoms with Crippen LogP contribution in [0.5, 0.6) is 5.75 Å². The number of benzene rings is 4. The lowest BCUT2D eigenvalue weighted by Crippen LogP contribution is -2.39. The molecule has 38 heavy (non-hydrogen) atoms. The van der Waals surface area contributed by atoms with Crippen LogP contribution in [0.4, 0.5) is 0 Å². The summed E-state index contributed by atoms with van der Waals surface area (Å²) in [6.45, 7) is 2.00. The van der Waals surface area contributed by atoms with Crippen LogP contribution in [0.3, 0.4) is 0 Å². The van der Waals surface area contributed by atoms with Gasteiger partial charge in [0, 0.05) is 12.1 Å². The van der Waals surface area contributed by atoms with Gasteiger partial charge in [0.1, 0.15) is 12.4 Å². The molecule has 4 aromatic carbocycles. The highest BCUT2D eigenvalue weighted by molar-refractivity contribution is 7.89. The minimum atomic E-state index is -3.92. The number of ether oxygens (including phenoxy) is 1. The SMILES string of the molecule is Cc1ccc(CN(CC(=O)NN=Cc2ccccc2OCc2ccccc2)S(=O)(=O)c2ccccc2)cc1. The topological polar surface area (TPSA) is 88.1 Å². The van der Waals surface area contributed by atoms with Gasteiger partial charge in [-0.25, -0.2) is 13.8 Å². The van der Waals surface area contributed by atoms with Crippen molar-refractivity contribution in [3.8, 4) is 5.75 Å². The van der Waals surface area contributed by atoms with Gasteiger partial charge in [-0.1, -0.05) is 90.5 Å². The molecule has 8 heteroatoms. The first-order chi connectivity index (χ1) is 18.4. The molecule has 0 aliphatic carbocycles. The van der Waals surface area contributed by atoms with Gasteiger partial charge in [-0.05, 0) is 42.3 Å². The number of carbonyl (C=O) groups is 1. The first-order valence-electron chi connectivity index (χ1n) is 12.1. The van der Waals surface area contributed by atoms with E-state index < -0.39 is 22.5 Å². The van der Waals surface area contributed by atoms with E-state index in [0.717, 1.165) is 21.0 Å². The summed E-state index contributed by atoms with van der Waals surface area (Å²) in [5.41, 5.74) is 5.99. The molecule has 0 radical (unpaired) electrons. The van der Waals surface area contributed by atoms with Crippen LogP contribution in [0.25, 0.3) is 0 Å². The molecule has 0 saturated carbocycles. The standard InChI is InChI=1S/C30H29N3O4S/c1-24-16-18-25(19-17-24)21-33(38(35,36)28-13-6-3-7-14-28)22-30(34)32-31-20-27-12-8-9-15-29(27)37-23-26-10-4-2-5-11-26/h2-20H,21-23H2,1H3,(H,32,34). The van der Waals surface area contributed by atoms with E-state index in [4.69, 9.17) is 4.74 Å². The summed E-state index contributed by atoms with van der Waals surface area (Å²) in [4.78, 5) is 12.9. The van der Waals surface area contributed by atoms with Crippen LogP contribution in [0.2, 0.25) is 0 Å². The molecule has 0 aliphatic heterocycles. The van der Waals surface area contributed by atoms with Crippen molar-refractivity contribution in [2.24, 2.45) is 5.10 Å². The fourth-order valence-electron chi connectivity index (χ4n) is 3.69. The van der Waals surface area contributed by atoms with Crippen molar-refractivity contribution in [3.05, 3.63) is 131 Å². The predicted octanol–water partition coefficient (Wildman–Crippen LogP) is 4.92. The summed E-state index contributed by atoms with van der Waals surface area (Å²) in [6.07, 6.45) is 1.48. The van der Waals surface area contributed by atoms with Crippen molar-refractivity contribution < 1.29 is 17.9 Å². The number of para-hydroxylation sites is 1. The fourth-order valence-corrected chi connectivity index (χ4v) is 5.09. The summed E-state index contributed by atoms with van der Waals surface area (Å²) < 4.78 is 33.8. The number of hydrogen-bond donors (Lipinski definition) is 1. The van der Waals surface area contributed by atoms with E-state index in [2.05, 4.69) is 10.5 Å². The maximum absolute atomic E-state index is 13.4. The van der Waals surface area contributed by atoms with Gasteiger partial charge in [-0.2, -0.15) is 9.41 Å². The Bertz CT molecular complexity index is 1470. The maximum Gasteiger partial charge on any atom is 0.255 e. The molecule has 0 unspecified atom stereocenters. The van der Waals surface area contributed by atoms with Crippen LogP contribution in [0.15, 0.2) is 119 Å². The third-order valence-corrected chi connectivity index (χ3v) is 7.54. The minimum absolute atomic E-state index is 0.0464. The largest absolute Gasteiger partial charge is 0.488 e. The van der Waals surface area contributed by atoms with Gasteiger partial charge < -0.3 is 4.74 Å². The second-order valence-corrected chi connectivity index (χ2v) is 10.6. The molecule has 194 valence electrons. The van der Waals surface area contributed by atoms with Gasteiger partial charge in [-0.15, -0.1) is 0 Å². The molecule has 0 spiro atoms. The van der Waals surface area contributed by atoms with Gasteiger partial charge >= 0.3 is 0 Å². The Morgan fingerprint density at radius 1 is 0.842 bits per heavy atom. The van der Waals surface area contributed by atoms with E-state index in [-0.39, 0.29) is 11.4 Å². The van der Waals surface area contributed by atoms with Gasteiger partial charge in [0.2, 0.25) is 10.0 Å². The number of carbonyl (C=O) groups excluding carboxylic acids is 1. The monoisotopic (exact) mass is 527 g/mol. The van der Waals surface area contributed by atoms with Crippen LogP contribution in [-0.2, 0) is 28.0 Å². The zero-order chi connectivity index (χ0) is 26.8. The Morgan fingerprint density at radius 3 is 2.18 bits per heavy atom. The second-order valence-electron chi connectivity index (χ2n) is 8.68. The van der Waals surface area contributed by atoms with E-state index in [1.165, 1.54) is 18.3 Å². The summed E-state index contributed by atoms with van der Waals surface area (Å²) in [5, 5.41) is 4.06. The molecule has 0 atom stereocenters. The molecule has 4 aromatic rings. The Kier molecular flexibility index (Phi) is 9.02. The van der Waals surface area contributed by atoms with Gasteiger partial charge in [0.15, 0.2) is 0 Å². The van der Waals surface area contributed by atoms with E-state index >= 15 is 0 Å². The smallest absolute Gasteiger partial charge is 0.255 e. The number of amides is 1. The van der Waals surface area contributed by atoms with Crippen molar-refractivity contribution in [1.82, 2.24) is 9.73 Å². The molecule has 0 bridgehead atoms. The van der Waals surface area contributed by atoms with Crippen LogP contribution in [0.1, 0.15) is 22.3 Å². The lowest BCUT2D eigenvalue weighted by Gasteiger charge is -2.21. The summed E-state index contributed by atoms with van der Waals surface area (Å²) in [6, 6.07) is 32.7. The second kappa shape index (κ2) is 12.8. The molecular formula is C30H29N3O4S. The molecule has 0 saturated heterocycles. The van der Waals surface area contributed by atoms with E-state index in [0.29, 0.717) is 17.9 Å². The van der Waals surface area contributed by atoms with Crippen molar-refractivity contribution in [3.63, 3.8) is 0 Å². The van der Waals surface area contributed by atoms with Crippen LogP contribution in [0, 0.1) is 6.92 Å². The normalized spacial score (nSPS) is 11.5. The maximum atomic E-state index is 13.4. The minimum Gasteiger partial charge on any atom is -0.488 e. The molecule has 0 aliphatic rings. The van der Waals surface area contributed by atoms with E-state index in [1.54, 1.807) is 18.2 Å². The lowest BCUT2D eigenvalue weighted by molar-refractivity contribution is -0.121. The Balaban J connectivity index is 1.45. The Labute approximate surface area is 223 Å². The van der Waals surface area contributed by atoms with Crippen LogP contribution in [-0.4, -0.2) is 31.4 Å². The molecule has 0 aromatic heterocycles. The quantitative estimate of drug-likeness (QED) is 0.222. The fraction of sp³-hybridized carbons (Fsp3) is 0.133. The molecule has 0 fully saturated rings. The number of nitrogens with zero attached hydrogens (tertiary/aromatic N) is 2. The lowest BCUT2D eigenvalue weighted by atomic mass is 10.1. The number of sulfonamides is 1. The molecular weight excluding hydrogens is 498 g/mol. The third-order valence-electron chi connectivity index (χ3n) is 5.73.